The molecule has 9 heteroatoms. The normalized spacial score (nSPS) is 19.1. The van der Waals surface area contributed by atoms with E-state index >= 15 is 0 Å². The van der Waals surface area contributed by atoms with Crippen LogP contribution in [0.5, 0.6) is 5.75 Å². The van der Waals surface area contributed by atoms with Crippen molar-refractivity contribution in [1.29, 1.82) is 0 Å². The predicted molar refractivity (Wildman–Crippen MR) is 131 cm³/mol. The summed E-state index contributed by atoms with van der Waals surface area (Å²) in [7, 11) is 3.42. The second-order valence-corrected chi connectivity index (χ2v) is 9.32. The number of likely N-dealkylation sites (N-methyl/N-ethyl adjacent to an activating group) is 1. The number of benzene rings is 2. The number of fused-ring (bicyclic) bond motifs is 2. The highest BCUT2D eigenvalue weighted by Gasteiger charge is 2.40. The summed E-state index contributed by atoms with van der Waals surface area (Å²) in [5.74, 6) is -1.07. The van der Waals surface area contributed by atoms with Gasteiger partial charge in [-0.2, -0.15) is 5.10 Å². The van der Waals surface area contributed by atoms with Crippen LogP contribution >= 0.6 is 0 Å². The van der Waals surface area contributed by atoms with Crippen molar-refractivity contribution in [3.8, 4) is 17.0 Å². The zero-order valence-corrected chi connectivity index (χ0v) is 20.7. The second-order valence-electron chi connectivity index (χ2n) is 9.32. The van der Waals surface area contributed by atoms with Gasteiger partial charge in [0.25, 0.3) is 11.8 Å². The zero-order valence-electron chi connectivity index (χ0n) is 20.7. The first kappa shape index (κ1) is 24.0. The maximum atomic E-state index is 14.0. The highest BCUT2D eigenvalue weighted by atomic mass is 19.1. The van der Waals surface area contributed by atoms with Crippen molar-refractivity contribution in [2.24, 2.45) is 7.05 Å². The van der Waals surface area contributed by atoms with Crippen LogP contribution in [0.1, 0.15) is 54.3 Å². The van der Waals surface area contributed by atoms with Crippen molar-refractivity contribution >= 4 is 17.5 Å². The number of ether oxygens (including phenoxy) is 1. The number of carbonyl (C=O) groups excluding carboxylic acids is 2. The van der Waals surface area contributed by atoms with Gasteiger partial charge in [-0.1, -0.05) is 13.8 Å². The van der Waals surface area contributed by atoms with E-state index in [0.29, 0.717) is 47.5 Å². The third-order valence-corrected chi connectivity index (χ3v) is 7.18. The van der Waals surface area contributed by atoms with Crippen molar-refractivity contribution in [3.63, 3.8) is 0 Å². The Bertz CT molecular complexity index is 1350. The fraction of sp³-hybridized carbons (Fsp3) is 0.370. The lowest BCUT2D eigenvalue weighted by Crippen LogP contribution is -2.47. The lowest BCUT2D eigenvalue weighted by molar-refractivity contribution is -0.120. The number of hydrogen-bond acceptors (Lipinski definition) is 4. The van der Waals surface area contributed by atoms with Crippen LogP contribution in [0.4, 0.5) is 14.5 Å². The average molecular weight is 495 g/mol. The number of amides is 2. The number of anilines is 1. The van der Waals surface area contributed by atoms with Crippen LogP contribution in [0.3, 0.4) is 0 Å². The molecule has 0 radical (unpaired) electrons. The molecule has 2 amide bonds. The Morgan fingerprint density at radius 2 is 1.81 bits per heavy atom. The van der Waals surface area contributed by atoms with E-state index in [1.165, 1.54) is 17.0 Å². The van der Waals surface area contributed by atoms with E-state index in [1.807, 2.05) is 18.7 Å². The summed E-state index contributed by atoms with van der Waals surface area (Å²) in [6.07, 6.45) is 1.83. The van der Waals surface area contributed by atoms with Crippen LogP contribution in [0.15, 0.2) is 36.4 Å². The van der Waals surface area contributed by atoms with Crippen LogP contribution < -0.4 is 9.64 Å². The van der Waals surface area contributed by atoms with E-state index in [-0.39, 0.29) is 30.5 Å². The molecule has 0 spiro atoms. The summed E-state index contributed by atoms with van der Waals surface area (Å²) in [6.45, 7) is 3.99. The van der Waals surface area contributed by atoms with Crippen molar-refractivity contribution < 1.29 is 23.1 Å². The summed E-state index contributed by atoms with van der Waals surface area (Å²) in [5.41, 5.74) is 3.77. The van der Waals surface area contributed by atoms with Crippen molar-refractivity contribution in [3.05, 3.63) is 64.9 Å². The Labute approximate surface area is 208 Å². The third-order valence-electron chi connectivity index (χ3n) is 7.18. The van der Waals surface area contributed by atoms with Gasteiger partial charge in [0.15, 0.2) is 6.61 Å². The number of nitrogens with zero attached hydrogens (tertiary/aromatic N) is 4. The van der Waals surface area contributed by atoms with E-state index in [1.54, 1.807) is 37.0 Å². The van der Waals surface area contributed by atoms with E-state index in [0.717, 1.165) is 17.3 Å². The van der Waals surface area contributed by atoms with Crippen LogP contribution in [-0.4, -0.2) is 46.2 Å². The molecule has 3 aromatic rings. The minimum atomic E-state index is -0.647. The molecular weight excluding hydrogens is 466 g/mol. The SMILES string of the molecule is CC[C@H]1Cc2c(nn(C)c2-c2cc(F)cc(F)c2)[C@@H](CC)N1C(=O)c1ccc2c(c1)N(C)C(=O)CO2. The smallest absolute Gasteiger partial charge is 0.264 e. The molecule has 0 bridgehead atoms. The Balaban J connectivity index is 1.57. The number of hydrogen-bond donors (Lipinski definition) is 0. The first-order valence-corrected chi connectivity index (χ1v) is 12.1. The minimum absolute atomic E-state index is 0.0290. The summed E-state index contributed by atoms with van der Waals surface area (Å²) >= 11 is 0. The van der Waals surface area contributed by atoms with Crippen molar-refractivity contribution in [1.82, 2.24) is 14.7 Å². The first-order chi connectivity index (χ1) is 17.2. The number of rotatable bonds is 4. The molecule has 7 nitrogen and oxygen atoms in total. The van der Waals surface area contributed by atoms with Gasteiger partial charge in [-0.25, -0.2) is 8.78 Å². The molecule has 2 aromatic carbocycles. The van der Waals surface area contributed by atoms with Gasteiger partial charge in [-0.15, -0.1) is 0 Å². The van der Waals surface area contributed by atoms with Gasteiger partial charge >= 0.3 is 0 Å². The molecule has 5 rings (SSSR count). The van der Waals surface area contributed by atoms with Crippen molar-refractivity contribution in [2.45, 2.75) is 45.2 Å². The fourth-order valence-corrected chi connectivity index (χ4v) is 5.42. The summed E-state index contributed by atoms with van der Waals surface area (Å²) in [5, 5.41) is 4.73. The van der Waals surface area contributed by atoms with Crippen LogP contribution in [0.25, 0.3) is 11.3 Å². The molecule has 2 aliphatic heterocycles. The zero-order chi connectivity index (χ0) is 25.7. The lowest BCUT2D eigenvalue weighted by Gasteiger charge is -2.41. The summed E-state index contributed by atoms with van der Waals surface area (Å²) in [4.78, 5) is 29.4. The molecule has 1 aromatic heterocycles. The molecule has 2 aliphatic rings. The van der Waals surface area contributed by atoms with Gasteiger partial charge in [0.2, 0.25) is 0 Å². The molecule has 3 heterocycles. The molecule has 0 N–H and O–H groups in total. The topological polar surface area (TPSA) is 67.7 Å². The number of aromatic nitrogens is 2. The maximum absolute atomic E-state index is 14.0. The second kappa shape index (κ2) is 9.04. The lowest BCUT2D eigenvalue weighted by atomic mass is 9.87. The Kier molecular flexibility index (Phi) is 6.02. The van der Waals surface area contributed by atoms with Crippen molar-refractivity contribution in [2.75, 3.05) is 18.6 Å². The fourth-order valence-electron chi connectivity index (χ4n) is 5.42. The van der Waals surface area contributed by atoms with E-state index in [9.17, 15) is 18.4 Å². The quantitative estimate of drug-likeness (QED) is 0.530. The number of aryl methyl sites for hydroxylation is 1. The summed E-state index contributed by atoms with van der Waals surface area (Å²) in [6, 6.07) is 8.17. The van der Waals surface area contributed by atoms with Crippen LogP contribution in [-0.2, 0) is 18.3 Å². The largest absolute Gasteiger partial charge is 0.482 e. The van der Waals surface area contributed by atoms with E-state index in [4.69, 9.17) is 9.84 Å². The Morgan fingerprint density at radius 1 is 1.08 bits per heavy atom. The molecule has 0 saturated heterocycles. The highest BCUT2D eigenvalue weighted by Crippen LogP contribution is 2.42. The third kappa shape index (κ3) is 3.83. The molecular formula is C27H28F2N4O3. The van der Waals surface area contributed by atoms with Gasteiger partial charge in [-0.05, 0) is 49.6 Å². The van der Waals surface area contributed by atoms with Gasteiger partial charge in [-0.3, -0.25) is 14.3 Å². The Hall–Kier alpha value is -3.75. The average Bonchev–Trinajstić information content (AvgIpc) is 3.19. The molecule has 36 heavy (non-hydrogen) atoms. The highest BCUT2D eigenvalue weighted by molar-refractivity contribution is 6.01. The van der Waals surface area contributed by atoms with E-state index in [2.05, 4.69) is 0 Å². The van der Waals surface area contributed by atoms with Gasteiger partial charge < -0.3 is 14.5 Å². The van der Waals surface area contributed by atoms with Gasteiger partial charge in [0.05, 0.1) is 23.1 Å². The Morgan fingerprint density at radius 3 is 2.47 bits per heavy atom. The van der Waals surface area contributed by atoms with Gasteiger partial charge in [0.1, 0.15) is 17.4 Å². The van der Waals surface area contributed by atoms with E-state index < -0.39 is 11.6 Å². The molecule has 0 aliphatic carbocycles. The standard InChI is InChI=1S/C27H28F2N4O3/c1-5-19-13-20-25(30-32(4)26(20)16-9-17(28)12-18(29)10-16)21(6-2)33(19)27(35)15-7-8-23-22(11-15)31(3)24(34)14-36-23/h7-12,19,21H,5-6,13-14H2,1-4H3/t19-,21+/m0/s1. The monoisotopic (exact) mass is 494 g/mol. The molecule has 2 atom stereocenters. The molecule has 0 unspecified atom stereocenters. The van der Waals surface area contributed by atoms with Crippen LogP contribution in [0, 0.1) is 11.6 Å². The van der Waals surface area contributed by atoms with Crippen LogP contribution in [0.2, 0.25) is 0 Å². The number of halogens is 2. The van der Waals surface area contributed by atoms with Gasteiger partial charge in [0, 0.05) is 42.9 Å². The minimum Gasteiger partial charge on any atom is -0.482 e. The molecule has 0 fully saturated rings. The first-order valence-electron chi connectivity index (χ1n) is 12.1. The number of carbonyl (C=O) groups is 2. The molecule has 0 saturated carbocycles. The summed E-state index contributed by atoms with van der Waals surface area (Å²) < 4.78 is 35.2. The molecule has 188 valence electrons. The maximum Gasteiger partial charge on any atom is 0.264 e. The predicted octanol–water partition coefficient (Wildman–Crippen LogP) is 4.65.